The zero-order valence-corrected chi connectivity index (χ0v) is 17.2. The van der Waals surface area contributed by atoms with E-state index in [1.54, 1.807) is 47.0 Å². The van der Waals surface area contributed by atoms with E-state index in [0.29, 0.717) is 17.0 Å². The predicted octanol–water partition coefficient (Wildman–Crippen LogP) is 4.87. The minimum absolute atomic E-state index is 0.00149. The number of anilines is 1. The lowest BCUT2D eigenvalue weighted by atomic mass is 10.1. The van der Waals surface area contributed by atoms with Crippen molar-refractivity contribution >= 4 is 28.8 Å². The van der Waals surface area contributed by atoms with Crippen molar-refractivity contribution in [1.29, 1.82) is 0 Å². The number of benzene rings is 2. The number of fused-ring (bicyclic) bond motifs is 1. The second kappa shape index (κ2) is 8.97. The van der Waals surface area contributed by atoms with E-state index in [9.17, 15) is 18.0 Å². The van der Waals surface area contributed by atoms with Crippen LogP contribution in [-0.4, -0.2) is 20.5 Å². The molecule has 4 rings (SSSR count). The van der Waals surface area contributed by atoms with Crippen LogP contribution in [-0.2, 0) is 17.5 Å². The Hall–Kier alpha value is -3.43. The van der Waals surface area contributed by atoms with Gasteiger partial charge in [0.25, 0.3) is 0 Å². The number of rotatable bonds is 6. The van der Waals surface area contributed by atoms with Crippen LogP contribution in [0.4, 0.5) is 18.9 Å². The number of hydrogen-bond acceptors (Lipinski definition) is 4. The largest absolute Gasteiger partial charge is 0.416 e. The summed E-state index contributed by atoms with van der Waals surface area (Å²) in [5.74, 6) is 0.0117. The first kappa shape index (κ1) is 21.8. The smallest absolute Gasteiger partial charge is 0.323 e. The fourth-order valence-corrected chi connectivity index (χ4v) is 3.38. The van der Waals surface area contributed by atoms with Crippen molar-refractivity contribution in [3.05, 3.63) is 94.9 Å². The van der Waals surface area contributed by atoms with Gasteiger partial charge in [-0.3, -0.25) is 14.5 Å². The highest BCUT2D eigenvalue weighted by Crippen LogP contribution is 2.34. The minimum Gasteiger partial charge on any atom is -0.323 e. The number of nitrogens with one attached hydrogen (secondary N) is 2. The van der Waals surface area contributed by atoms with E-state index in [-0.39, 0.29) is 17.3 Å². The average molecular weight is 460 g/mol. The number of nitrogens with zero attached hydrogens (tertiary/aromatic N) is 3. The summed E-state index contributed by atoms with van der Waals surface area (Å²) >= 11 is 6.04. The molecule has 2 aromatic carbocycles. The number of alkyl halides is 3. The third-order valence-corrected chi connectivity index (χ3v) is 5.12. The molecule has 1 amide bonds. The van der Waals surface area contributed by atoms with E-state index < -0.39 is 23.7 Å². The first-order valence-corrected chi connectivity index (χ1v) is 9.95. The van der Waals surface area contributed by atoms with Crippen molar-refractivity contribution in [1.82, 2.24) is 19.9 Å². The lowest BCUT2D eigenvalue weighted by Gasteiger charge is -2.19. The fourth-order valence-electron chi connectivity index (χ4n) is 3.21. The van der Waals surface area contributed by atoms with Crippen LogP contribution in [0.1, 0.15) is 23.0 Å². The summed E-state index contributed by atoms with van der Waals surface area (Å²) in [6.45, 7) is 0.189. The van der Waals surface area contributed by atoms with E-state index in [1.165, 1.54) is 0 Å². The fraction of sp³-hybridized carbons (Fsp3) is 0.136. The summed E-state index contributed by atoms with van der Waals surface area (Å²) in [5, 5.41) is 13.8. The molecule has 164 valence electrons. The van der Waals surface area contributed by atoms with E-state index in [2.05, 4.69) is 20.8 Å². The zero-order valence-electron chi connectivity index (χ0n) is 16.5. The minimum atomic E-state index is -4.56. The molecule has 0 saturated heterocycles. The van der Waals surface area contributed by atoms with Crippen LogP contribution in [0.2, 0.25) is 5.02 Å². The molecule has 0 radical (unpaired) electrons. The Morgan fingerprint density at radius 2 is 1.78 bits per heavy atom. The molecule has 2 heterocycles. The number of halogens is 4. The molecule has 2 aromatic heterocycles. The van der Waals surface area contributed by atoms with Gasteiger partial charge in [-0.15, -0.1) is 10.2 Å². The number of carbonyl (C=O) groups is 1. The van der Waals surface area contributed by atoms with Gasteiger partial charge in [0.2, 0.25) is 5.91 Å². The molecular weight excluding hydrogens is 443 g/mol. The molecule has 10 heteroatoms. The SMILES string of the molecule is O=C(Nc1cc(C(F)(F)F)ccc1Cl)C(NCc1nnc2ccccn12)c1ccccc1. The van der Waals surface area contributed by atoms with Gasteiger partial charge in [-0.1, -0.05) is 48.0 Å². The predicted molar refractivity (Wildman–Crippen MR) is 114 cm³/mol. The van der Waals surface area contributed by atoms with Gasteiger partial charge < -0.3 is 5.32 Å². The van der Waals surface area contributed by atoms with Gasteiger partial charge in [0.1, 0.15) is 6.04 Å². The van der Waals surface area contributed by atoms with Crippen molar-refractivity contribution in [3.8, 4) is 0 Å². The van der Waals surface area contributed by atoms with E-state index in [0.717, 1.165) is 18.2 Å². The number of hydrogen-bond donors (Lipinski definition) is 2. The van der Waals surface area contributed by atoms with Crippen LogP contribution >= 0.6 is 11.6 Å². The summed E-state index contributed by atoms with van der Waals surface area (Å²) < 4.78 is 41.0. The third-order valence-electron chi connectivity index (χ3n) is 4.80. The maximum Gasteiger partial charge on any atom is 0.416 e. The van der Waals surface area contributed by atoms with Crippen molar-refractivity contribution in [3.63, 3.8) is 0 Å². The van der Waals surface area contributed by atoms with Crippen LogP contribution in [0.5, 0.6) is 0 Å². The first-order chi connectivity index (χ1) is 15.3. The van der Waals surface area contributed by atoms with Crippen LogP contribution in [0.3, 0.4) is 0 Å². The first-order valence-electron chi connectivity index (χ1n) is 9.57. The van der Waals surface area contributed by atoms with Crippen LogP contribution < -0.4 is 10.6 Å². The van der Waals surface area contributed by atoms with Gasteiger partial charge >= 0.3 is 6.18 Å². The third kappa shape index (κ3) is 4.74. The van der Waals surface area contributed by atoms with Gasteiger partial charge in [-0.2, -0.15) is 13.2 Å². The Bertz CT molecular complexity index is 1240. The number of carbonyl (C=O) groups excluding carboxylic acids is 1. The van der Waals surface area contributed by atoms with Gasteiger partial charge in [0.15, 0.2) is 11.5 Å². The lowest BCUT2D eigenvalue weighted by molar-refractivity contribution is -0.137. The van der Waals surface area contributed by atoms with Crippen LogP contribution in [0, 0.1) is 0 Å². The highest BCUT2D eigenvalue weighted by Gasteiger charge is 2.31. The molecule has 0 aliphatic heterocycles. The normalized spacial score (nSPS) is 12.6. The standard InChI is InChI=1S/C22H17ClF3N5O/c23-16-10-9-15(22(24,25)26)12-17(16)28-21(32)20(14-6-2-1-3-7-14)27-13-19-30-29-18-8-4-5-11-31(18)19/h1-12,20,27H,13H2,(H,28,32). The van der Waals surface area contributed by atoms with Crippen molar-refractivity contribution in [2.45, 2.75) is 18.8 Å². The number of aromatic nitrogens is 3. The zero-order chi connectivity index (χ0) is 22.7. The molecule has 0 aliphatic carbocycles. The quantitative estimate of drug-likeness (QED) is 0.431. The van der Waals surface area contributed by atoms with Crippen molar-refractivity contribution in [2.24, 2.45) is 0 Å². The average Bonchev–Trinajstić information content (AvgIpc) is 3.18. The summed E-state index contributed by atoms with van der Waals surface area (Å²) in [5.41, 5.74) is 0.251. The lowest BCUT2D eigenvalue weighted by Crippen LogP contribution is -2.33. The summed E-state index contributed by atoms with van der Waals surface area (Å²) in [6.07, 6.45) is -2.76. The monoisotopic (exact) mass is 459 g/mol. The van der Waals surface area contributed by atoms with E-state index in [1.807, 2.05) is 12.1 Å². The Morgan fingerprint density at radius 3 is 2.53 bits per heavy atom. The van der Waals surface area contributed by atoms with Gasteiger partial charge in [-0.25, -0.2) is 0 Å². The Labute approximate surface area is 186 Å². The van der Waals surface area contributed by atoms with E-state index in [4.69, 9.17) is 11.6 Å². The molecule has 2 N–H and O–H groups in total. The molecule has 0 saturated carbocycles. The Kier molecular flexibility index (Phi) is 6.11. The van der Waals surface area contributed by atoms with Gasteiger partial charge in [0.05, 0.1) is 22.8 Å². The molecule has 32 heavy (non-hydrogen) atoms. The molecule has 6 nitrogen and oxygen atoms in total. The second-order valence-electron chi connectivity index (χ2n) is 6.95. The van der Waals surface area contributed by atoms with E-state index >= 15 is 0 Å². The molecule has 0 spiro atoms. The van der Waals surface area contributed by atoms with Gasteiger partial charge in [0, 0.05) is 6.20 Å². The molecular formula is C22H17ClF3N5O. The highest BCUT2D eigenvalue weighted by atomic mass is 35.5. The van der Waals surface area contributed by atoms with Crippen molar-refractivity contribution < 1.29 is 18.0 Å². The van der Waals surface area contributed by atoms with Gasteiger partial charge in [-0.05, 0) is 35.9 Å². The topological polar surface area (TPSA) is 71.3 Å². The molecule has 1 unspecified atom stereocenters. The van der Waals surface area contributed by atoms with Crippen molar-refractivity contribution in [2.75, 3.05) is 5.32 Å². The maximum atomic E-state index is 13.1. The summed E-state index contributed by atoms with van der Waals surface area (Å²) in [6, 6.07) is 16.2. The molecule has 0 bridgehead atoms. The number of pyridine rings is 1. The molecule has 0 fully saturated rings. The van der Waals surface area contributed by atoms with Crippen LogP contribution in [0.25, 0.3) is 5.65 Å². The Balaban J connectivity index is 1.59. The molecule has 0 aliphatic rings. The summed E-state index contributed by atoms with van der Waals surface area (Å²) in [4.78, 5) is 13.1. The summed E-state index contributed by atoms with van der Waals surface area (Å²) in [7, 11) is 0. The van der Waals surface area contributed by atoms with Crippen LogP contribution in [0.15, 0.2) is 72.9 Å². The maximum absolute atomic E-state index is 13.1. The second-order valence-corrected chi connectivity index (χ2v) is 7.36. The number of amides is 1. The molecule has 4 aromatic rings. The highest BCUT2D eigenvalue weighted by molar-refractivity contribution is 6.33. The Morgan fingerprint density at radius 1 is 1.03 bits per heavy atom. The molecule has 1 atom stereocenters.